The van der Waals surface area contributed by atoms with Gasteiger partial charge in [-0.25, -0.2) is 4.98 Å². The Morgan fingerprint density at radius 2 is 2.04 bits per heavy atom. The van der Waals surface area contributed by atoms with Crippen molar-refractivity contribution in [3.8, 4) is 5.75 Å². The van der Waals surface area contributed by atoms with Gasteiger partial charge in [-0.05, 0) is 12.1 Å². The summed E-state index contributed by atoms with van der Waals surface area (Å²) in [4.78, 5) is 19.3. The van der Waals surface area contributed by atoms with Crippen LogP contribution in [0, 0.1) is 0 Å². The lowest BCUT2D eigenvalue weighted by Gasteiger charge is -2.29. The lowest BCUT2D eigenvalue weighted by atomic mass is 10.2. The number of para-hydroxylation sites is 1. The number of aromatic nitrogens is 3. The molecule has 1 saturated heterocycles. The summed E-state index contributed by atoms with van der Waals surface area (Å²) in [7, 11) is 1.54. The molecule has 0 aliphatic carbocycles. The van der Waals surface area contributed by atoms with E-state index in [-0.39, 0.29) is 5.91 Å². The van der Waals surface area contributed by atoms with Crippen LogP contribution in [0.3, 0.4) is 0 Å². The number of benzene rings is 1. The molecule has 134 valence electrons. The number of carbonyl (C=O) groups is 1. The van der Waals surface area contributed by atoms with E-state index in [0.29, 0.717) is 36.0 Å². The van der Waals surface area contributed by atoms with Crippen LogP contribution in [0.5, 0.6) is 5.75 Å². The minimum absolute atomic E-state index is 0.272. The summed E-state index contributed by atoms with van der Waals surface area (Å²) >= 11 is 0. The topological polar surface area (TPSA) is 81.0 Å². The Labute approximate surface area is 150 Å². The second-order valence-corrected chi connectivity index (χ2v) is 5.85. The van der Waals surface area contributed by atoms with Crippen LogP contribution in [0.25, 0.3) is 5.65 Å². The molecule has 1 fully saturated rings. The first-order chi connectivity index (χ1) is 12.8. The fourth-order valence-corrected chi connectivity index (χ4v) is 2.99. The first-order valence-electron chi connectivity index (χ1n) is 8.38. The second kappa shape index (κ2) is 7.01. The Hall–Kier alpha value is -3.13. The average Bonchev–Trinajstić information content (AvgIpc) is 3.16. The summed E-state index contributed by atoms with van der Waals surface area (Å²) in [6.45, 7) is 2.85. The van der Waals surface area contributed by atoms with Gasteiger partial charge in [0.05, 0.1) is 32.1 Å². The van der Waals surface area contributed by atoms with Gasteiger partial charge >= 0.3 is 0 Å². The van der Waals surface area contributed by atoms with Crippen molar-refractivity contribution >= 4 is 23.2 Å². The van der Waals surface area contributed by atoms with E-state index in [0.717, 1.165) is 18.9 Å². The second-order valence-electron chi connectivity index (χ2n) is 5.85. The number of morpholine rings is 1. The maximum atomic E-state index is 12.7. The van der Waals surface area contributed by atoms with Gasteiger partial charge in [-0.3, -0.25) is 4.79 Å². The van der Waals surface area contributed by atoms with E-state index in [1.54, 1.807) is 36.0 Å². The molecule has 4 rings (SSSR count). The Morgan fingerprint density at radius 1 is 1.23 bits per heavy atom. The van der Waals surface area contributed by atoms with Gasteiger partial charge in [0, 0.05) is 25.2 Å². The Morgan fingerprint density at radius 3 is 2.85 bits per heavy atom. The molecule has 3 aromatic rings. The van der Waals surface area contributed by atoms with Gasteiger partial charge in [0.15, 0.2) is 5.65 Å². The smallest absolute Gasteiger partial charge is 0.260 e. The van der Waals surface area contributed by atoms with Crippen LogP contribution in [0.2, 0.25) is 0 Å². The van der Waals surface area contributed by atoms with E-state index >= 15 is 0 Å². The third kappa shape index (κ3) is 3.06. The van der Waals surface area contributed by atoms with E-state index in [9.17, 15) is 4.79 Å². The van der Waals surface area contributed by atoms with Crippen molar-refractivity contribution in [1.82, 2.24) is 14.6 Å². The van der Waals surface area contributed by atoms with Crippen LogP contribution >= 0.6 is 0 Å². The summed E-state index contributed by atoms with van der Waals surface area (Å²) in [5, 5.41) is 7.20. The number of nitrogens with zero attached hydrogens (tertiary/aromatic N) is 4. The number of amides is 1. The predicted molar refractivity (Wildman–Crippen MR) is 97.0 cm³/mol. The third-order valence-corrected chi connectivity index (χ3v) is 4.27. The van der Waals surface area contributed by atoms with Crippen molar-refractivity contribution in [2.45, 2.75) is 0 Å². The lowest BCUT2D eigenvalue weighted by molar-refractivity contribution is 0.102. The molecule has 26 heavy (non-hydrogen) atoms. The minimum atomic E-state index is -0.272. The summed E-state index contributed by atoms with van der Waals surface area (Å²) in [5.74, 6) is 1.59. The Kier molecular flexibility index (Phi) is 4.40. The van der Waals surface area contributed by atoms with Crippen LogP contribution in [-0.4, -0.2) is 53.9 Å². The molecule has 8 nitrogen and oxygen atoms in total. The van der Waals surface area contributed by atoms with E-state index in [4.69, 9.17) is 9.47 Å². The normalized spacial score (nSPS) is 14.4. The number of methoxy groups -OCH3 is 1. The average molecular weight is 353 g/mol. The number of fused-ring (bicyclic) bond motifs is 1. The van der Waals surface area contributed by atoms with Gasteiger partial charge < -0.3 is 19.7 Å². The highest BCUT2D eigenvalue weighted by Gasteiger charge is 2.18. The van der Waals surface area contributed by atoms with Crippen LogP contribution < -0.4 is 15.0 Å². The van der Waals surface area contributed by atoms with E-state index in [1.165, 1.54) is 0 Å². The van der Waals surface area contributed by atoms with Crippen LogP contribution in [0.4, 0.5) is 11.6 Å². The van der Waals surface area contributed by atoms with Crippen LogP contribution in [-0.2, 0) is 4.74 Å². The first-order valence-corrected chi connectivity index (χ1v) is 8.38. The van der Waals surface area contributed by atoms with Crippen molar-refractivity contribution in [2.24, 2.45) is 0 Å². The molecular weight excluding hydrogens is 334 g/mol. The lowest BCUT2D eigenvalue weighted by Crippen LogP contribution is -2.37. The van der Waals surface area contributed by atoms with Crippen molar-refractivity contribution in [2.75, 3.05) is 43.6 Å². The first kappa shape index (κ1) is 16.3. The number of nitrogens with one attached hydrogen (secondary N) is 1. The molecule has 0 bridgehead atoms. The number of ether oxygens (including phenoxy) is 2. The molecule has 3 heterocycles. The summed E-state index contributed by atoms with van der Waals surface area (Å²) in [6, 6.07) is 10.7. The summed E-state index contributed by atoms with van der Waals surface area (Å²) < 4.78 is 12.5. The highest BCUT2D eigenvalue weighted by Crippen LogP contribution is 2.23. The Balaban J connectivity index is 1.67. The number of hydrogen-bond donors (Lipinski definition) is 1. The van der Waals surface area contributed by atoms with Crippen molar-refractivity contribution in [3.05, 3.63) is 48.2 Å². The van der Waals surface area contributed by atoms with Gasteiger partial charge in [0.1, 0.15) is 17.4 Å². The summed E-state index contributed by atoms with van der Waals surface area (Å²) in [5.41, 5.74) is 1.13. The number of carbonyl (C=O) groups excluding carboxylic acids is 1. The van der Waals surface area contributed by atoms with E-state index < -0.39 is 0 Å². The maximum absolute atomic E-state index is 12.7. The molecule has 2 aromatic heterocycles. The fraction of sp³-hybridized carbons (Fsp3) is 0.278. The van der Waals surface area contributed by atoms with Crippen molar-refractivity contribution < 1.29 is 14.3 Å². The molecule has 1 N–H and O–H groups in total. The van der Waals surface area contributed by atoms with Gasteiger partial charge in [0.25, 0.3) is 5.91 Å². The minimum Gasteiger partial charge on any atom is -0.496 e. The van der Waals surface area contributed by atoms with Crippen molar-refractivity contribution in [1.29, 1.82) is 0 Å². The predicted octanol–water partition coefficient (Wildman–Crippen LogP) is 1.83. The molecule has 1 amide bonds. The number of anilines is 2. The zero-order chi connectivity index (χ0) is 17.9. The molecule has 0 radical (unpaired) electrons. The molecule has 1 aliphatic heterocycles. The van der Waals surface area contributed by atoms with Crippen molar-refractivity contribution in [3.63, 3.8) is 0 Å². The largest absolute Gasteiger partial charge is 0.496 e. The number of rotatable bonds is 4. The highest BCUT2D eigenvalue weighted by molar-refractivity contribution is 6.06. The molecular formula is C18H19N5O3. The molecule has 0 atom stereocenters. The maximum Gasteiger partial charge on any atom is 0.260 e. The van der Waals surface area contributed by atoms with Gasteiger partial charge in [0.2, 0.25) is 0 Å². The van der Waals surface area contributed by atoms with Gasteiger partial charge in [-0.1, -0.05) is 12.1 Å². The van der Waals surface area contributed by atoms with Gasteiger partial charge in [-0.2, -0.15) is 9.61 Å². The van der Waals surface area contributed by atoms with Crippen LogP contribution in [0.15, 0.2) is 42.6 Å². The quantitative estimate of drug-likeness (QED) is 0.771. The van der Waals surface area contributed by atoms with E-state index in [2.05, 4.69) is 20.3 Å². The molecule has 8 heteroatoms. The number of hydrogen-bond acceptors (Lipinski definition) is 6. The van der Waals surface area contributed by atoms with Crippen LogP contribution in [0.1, 0.15) is 10.4 Å². The highest BCUT2D eigenvalue weighted by atomic mass is 16.5. The molecule has 0 spiro atoms. The zero-order valence-electron chi connectivity index (χ0n) is 14.4. The Bertz CT molecular complexity index is 933. The zero-order valence-corrected chi connectivity index (χ0v) is 14.4. The fourth-order valence-electron chi connectivity index (χ4n) is 2.99. The van der Waals surface area contributed by atoms with E-state index in [1.807, 2.05) is 18.2 Å². The molecule has 0 saturated carbocycles. The monoisotopic (exact) mass is 353 g/mol. The standard InChI is InChI=1S/C18H19N5O3/c1-25-14-5-3-2-4-13(14)18(24)21-15-12-17(22-8-10-26-11-9-22)23-16(20-15)6-7-19-23/h2-7,12H,8-11H2,1H3,(H,20,21,24). The van der Waals surface area contributed by atoms with Gasteiger partial charge in [-0.15, -0.1) is 0 Å². The molecule has 0 unspecified atom stereocenters. The third-order valence-electron chi connectivity index (χ3n) is 4.27. The molecule has 1 aromatic carbocycles. The molecule has 1 aliphatic rings. The SMILES string of the molecule is COc1ccccc1C(=O)Nc1cc(N2CCOCC2)n2nccc2n1. The summed E-state index contributed by atoms with van der Waals surface area (Å²) in [6.07, 6.45) is 1.69.